The fraction of sp³-hybridized carbons (Fsp3) is 0.0370. The number of carbonyl (C=O) groups is 1. The minimum Gasteiger partial charge on any atom is -0.457 e. The summed E-state index contributed by atoms with van der Waals surface area (Å²) in [5, 5.41) is 20.3. The SMILES string of the molecule is Cc1c(NC(=O)c2cccnc2)cn2ncc(C#N)c(Nc3ccc(Oc4ccccc4)cc3)c12. The lowest BCUT2D eigenvalue weighted by molar-refractivity contribution is 0.102. The molecule has 5 rings (SSSR count). The third-order valence-electron chi connectivity index (χ3n) is 5.45. The largest absolute Gasteiger partial charge is 0.457 e. The predicted molar refractivity (Wildman–Crippen MR) is 133 cm³/mol. The highest BCUT2D eigenvalue weighted by Gasteiger charge is 2.18. The Bertz CT molecular complexity index is 1540. The Morgan fingerprint density at radius 3 is 2.49 bits per heavy atom. The van der Waals surface area contributed by atoms with E-state index < -0.39 is 0 Å². The van der Waals surface area contributed by atoms with E-state index in [1.807, 2.05) is 61.5 Å². The van der Waals surface area contributed by atoms with E-state index in [9.17, 15) is 10.1 Å². The van der Waals surface area contributed by atoms with Gasteiger partial charge in [-0.25, -0.2) is 4.52 Å². The number of hydrogen-bond acceptors (Lipinski definition) is 6. The minimum atomic E-state index is -0.277. The van der Waals surface area contributed by atoms with Gasteiger partial charge in [0.25, 0.3) is 5.91 Å². The molecule has 0 atom stereocenters. The van der Waals surface area contributed by atoms with Crippen LogP contribution < -0.4 is 15.4 Å². The first-order valence-corrected chi connectivity index (χ1v) is 10.8. The normalized spacial score (nSPS) is 10.5. The molecule has 5 aromatic rings. The third kappa shape index (κ3) is 4.51. The van der Waals surface area contributed by atoms with Crippen LogP contribution in [0.4, 0.5) is 17.1 Å². The van der Waals surface area contributed by atoms with Crippen LogP contribution in [0, 0.1) is 18.3 Å². The Morgan fingerprint density at radius 1 is 1.00 bits per heavy atom. The molecule has 0 aliphatic carbocycles. The third-order valence-corrected chi connectivity index (χ3v) is 5.45. The number of benzene rings is 2. The van der Waals surface area contributed by atoms with Crippen molar-refractivity contribution in [2.45, 2.75) is 6.92 Å². The highest BCUT2D eigenvalue weighted by molar-refractivity contribution is 6.05. The van der Waals surface area contributed by atoms with Crippen LogP contribution in [0.2, 0.25) is 0 Å². The van der Waals surface area contributed by atoms with Gasteiger partial charge in [-0.3, -0.25) is 9.78 Å². The molecule has 35 heavy (non-hydrogen) atoms. The zero-order valence-electron chi connectivity index (χ0n) is 18.8. The number of ether oxygens (including phenoxy) is 1. The molecule has 170 valence electrons. The number of fused-ring (bicyclic) bond motifs is 1. The van der Waals surface area contributed by atoms with Gasteiger partial charge >= 0.3 is 0 Å². The maximum Gasteiger partial charge on any atom is 0.257 e. The van der Waals surface area contributed by atoms with Crippen LogP contribution in [0.5, 0.6) is 11.5 Å². The fourth-order valence-corrected chi connectivity index (χ4v) is 3.69. The summed E-state index contributed by atoms with van der Waals surface area (Å²) in [5.41, 5.74) is 4.26. The van der Waals surface area contributed by atoms with Gasteiger partial charge in [-0.15, -0.1) is 0 Å². The van der Waals surface area contributed by atoms with Crippen molar-refractivity contribution in [3.63, 3.8) is 0 Å². The summed E-state index contributed by atoms with van der Waals surface area (Å²) < 4.78 is 7.50. The number of anilines is 3. The van der Waals surface area contributed by atoms with E-state index in [0.717, 1.165) is 17.0 Å². The molecule has 1 amide bonds. The van der Waals surface area contributed by atoms with Gasteiger partial charge in [-0.1, -0.05) is 18.2 Å². The Labute approximate surface area is 201 Å². The van der Waals surface area contributed by atoms with Crippen molar-refractivity contribution in [2.75, 3.05) is 10.6 Å². The molecule has 2 aromatic carbocycles. The molecule has 0 aliphatic heterocycles. The number of rotatable bonds is 6. The maximum absolute atomic E-state index is 12.6. The van der Waals surface area contributed by atoms with Gasteiger partial charge in [-0.2, -0.15) is 10.4 Å². The summed E-state index contributed by atoms with van der Waals surface area (Å²) in [5.74, 6) is 1.17. The van der Waals surface area contributed by atoms with E-state index in [2.05, 4.69) is 26.8 Å². The van der Waals surface area contributed by atoms with Crippen LogP contribution in [0.15, 0.2) is 91.5 Å². The zero-order chi connectivity index (χ0) is 24.2. The van der Waals surface area contributed by atoms with E-state index in [1.165, 1.54) is 12.4 Å². The summed E-state index contributed by atoms with van der Waals surface area (Å²) >= 11 is 0. The number of amides is 1. The fourth-order valence-electron chi connectivity index (χ4n) is 3.69. The predicted octanol–water partition coefficient (Wildman–Crippen LogP) is 5.70. The van der Waals surface area contributed by atoms with Crippen molar-refractivity contribution >= 4 is 28.5 Å². The van der Waals surface area contributed by atoms with Crippen molar-refractivity contribution in [2.24, 2.45) is 0 Å². The molecule has 0 unspecified atom stereocenters. The smallest absolute Gasteiger partial charge is 0.257 e. The van der Waals surface area contributed by atoms with Crippen LogP contribution >= 0.6 is 0 Å². The van der Waals surface area contributed by atoms with Gasteiger partial charge in [0.1, 0.15) is 17.6 Å². The number of nitriles is 1. The van der Waals surface area contributed by atoms with E-state index in [-0.39, 0.29) is 5.91 Å². The first-order chi connectivity index (χ1) is 17.1. The molecule has 0 saturated heterocycles. The quantitative estimate of drug-likeness (QED) is 0.337. The molecular formula is C27H20N6O2. The van der Waals surface area contributed by atoms with E-state index in [4.69, 9.17) is 4.74 Å². The van der Waals surface area contributed by atoms with Crippen LogP contribution in [-0.4, -0.2) is 20.5 Å². The summed E-state index contributed by atoms with van der Waals surface area (Å²) in [4.78, 5) is 16.6. The highest BCUT2D eigenvalue weighted by atomic mass is 16.5. The second kappa shape index (κ2) is 9.37. The van der Waals surface area contributed by atoms with Gasteiger partial charge in [0.15, 0.2) is 0 Å². The monoisotopic (exact) mass is 460 g/mol. The van der Waals surface area contributed by atoms with Gasteiger partial charge in [0, 0.05) is 23.6 Å². The number of aromatic nitrogens is 3. The number of para-hydroxylation sites is 1. The molecule has 0 spiro atoms. The number of pyridine rings is 1. The molecule has 3 aromatic heterocycles. The van der Waals surface area contributed by atoms with Crippen molar-refractivity contribution < 1.29 is 9.53 Å². The summed E-state index contributed by atoms with van der Waals surface area (Å²) in [6, 6.07) is 22.6. The standard InChI is InChI=1S/C27H20N6O2/c1-18-24(32-27(34)19-6-5-13-29-15-19)17-33-26(18)25(20(14-28)16-30-33)31-21-9-11-23(12-10-21)35-22-7-3-2-4-8-22/h2-13,15-17,31H,1H3,(H,32,34). The molecule has 0 radical (unpaired) electrons. The van der Waals surface area contributed by atoms with Crippen molar-refractivity contribution in [1.82, 2.24) is 14.6 Å². The van der Waals surface area contributed by atoms with Crippen molar-refractivity contribution in [1.29, 1.82) is 5.26 Å². The number of aryl methyl sites for hydroxylation is 1. The van der Waals surface area contributed by atoms with E-state index in [0.29, 0.717) is 33.8 Å². The topological polar surface area (TPSA) is 104 Å². The Kier molecular flexibility index (Phi) is 5.80. The van der Waals surface area contributed by atoms with E-state index in [1.54, 1.807) is 29.0 Å². The van der Waals surface area contributed by atoms with Crippen LogP contribution in [0.25, 0.3) is 5.52 Å². The van der Waals surface area contributed by atoms with Gasteiger partial charge in [0.05, 0.1) is 40.4 Å². The summed E-state index contributed by atoms with van der Waals surface area (Å²) in [6.07, 6.45) is 6.33. The van der Waals surface area contributed by atoms with Crippen LogP contribution in [0.1, 0.15) is 21.5 Å². The molecule has 0 aliphatic rings. The van der Waals surface area contributed by atoms with Crippen molar-refractivity contribution in [3.05, 3.63) is 108 Å². The number of nitrogens with zero attached hydrogens (tertiary/aromatic N) is 4. The summed E-state index contributed by atoms with van der Waals surface area (Å²) in [6.45, 7) is 1.87. The molecule has 3 heterocycles. The van der Waals surface area contributed by atoms with Crippen molar-refractivity contribution in [3.8, 4) is 17.6 Å². The first kappa shape index (κ1) is 21.7. The minimum absolute atomic E-state index is 0.277. The Balaban J connectivity index is 1.44. The second-order valence-corrected chi connectivity index (χ2v) is 7.77. The molecule has 0 saturated carbocycles. The van der Waals surface area contributed by atoms with Gasteiger partial charge in [-0.05, 0) is 55.5 Å². The lowest BCUT2D eigenvalue weighted by Gasteiger charge is -2.12. The number of hydrogen-bond donors (Lipinski definition) is 2. The molecular weight excluding hydrogens is 440 g/mol. The van der Waals surface area contributed by atoms with Crippen LogP contribution in [0.3, 0.4) is 0 Å². The van der Waals surface area contributed by atoms with Crippen LogP contribution in [-0.2, 0) is 0 Å². The number of nitrogens with one attached hydrogen (secondary N) is 2. The molecule has 2 N–H and O–H groups in total. The lowest BCUT2D eigenvalue weighted by Crippen LogP contribution is -2.12. The molecule has 0 fully saturated rings. The number of carbonyl (C=O) groups excluding carboxylic acids is 1. The highest BCUT2D eigenvalue weighted by Crippen LogP contribution is 2.33. The Morgan fingerprint density at radius 2 is 1.77 bits per heavy atom. The average Bonchev–Trinajstić information content (AvgIpc) is 3.21. The first-order valence-electron chi connectivity index (χ1n) is 10.8. The zero-order valence-corrected chi connectivity index (χ0v) is 18.8. The van der Waals surface area contributed by atoms with Gasteiger partial charge < -0.3 is 15.4 Å². The molecule has 0 bridgehead atoms. The molecule has 8 nitrogen and oxygen atoms in total. The Hall–Kier alpha value is -5.16. The van der Waals surface area contributed by atoms with Gasteiger partial charge in [0.2, 0.25) is 0 Å². The average molecular weight is 460 g/mol. The summed E-state index contributed by atoms with van der Waals surface area (Å²) in [7, 11) is 0. The lowest BCUT2D eigenvalue weighted by atomic mass is 10.1. The molecule has 8 heteroatoms. The second-order valence-electron chi connectivity index (χ2n) is 7.77. The van der Waals surface area contributed by atoms with E-state index >= 15 is 0 Å². The maximum atomic E-state index is 12.6.